The lowest BCUT2D eigenvalue weighted by Gasteiger charge is -2.35. The molecule has 2 aromatic rings. The van der Waals surface area contributed by atoms with Crippen LogP contribution in [0.3, 0.4) is 0 Å². The van der Waals surface area contributed by atoms with Gasteiger partial charge in [-0.25, -0.2) is 0 Å². The Labute approximate surface area is 171 Å². The van der Waals surface area contributed by atoms with E-state index in [1.165, 1.54) is 5.56 Å². The first kappa shape index (κ1) is 21.0. The maximum absolute atomic E-state index is 13.5. The van der Waals surface area contributed by atoms with Gasteiger partial charge in [0.15, 0.2) is 6.10 Å². The zero-order valence-electron chi connectivity index (χ0n) is 17.2. The number of hydrogen-bond donors (Lipinski definition) is 1. The third-order valence-electron chi connectivity index (χ3n) is 4.92. The summed E-state index contributed by atoms with van der Waals surface area (Å²) < 4.78 is 5.72. The molecular formula is C22H28N4O3. The highest BCUT2D eigenvalue weighted by Gasteiger charge is 2.38. The minimum atomic E-state index is -0.787. The normalized spacial score (nSPS) is 19.1. The van der Waals surface area contributed by atoms with Gasteiger partial charge in [-0.05, 0) is 38.2 Å². The second-order valence-corrected chi connectivity index (χ2v) is 7.61. The van der Waals surface area contributed by atoms with Crippen molar-refractivity contribution in [2.45, 2.75) is 25.6 Å². The SMILES string of the molecule is Cc1ccc(CN(CCN(C)C)C(=O)[C@H]2OCC(=O)N[C@@H]2c2cccnc2)cc1. The van der Waals surface area contributed by atoms with E-state index < -0.39 is 12.1 Å². The van der Waals surface area contributed by atoms with Gasteiger partial charge in [0.25, 0.3) is 5.91 Å². The molecule has 1 saturated heterocycles. The summed E-state index contributed by atoms with van der Waals surface area (Å²) in [5, 5.41) is 2.89. The van der Waals surface area contributed by atoms with E-state index in [1.54, 1.807) is 23.4 Å². The molecule has 7 heteroatoms. The van der Waals surface area contributed by atoms with Crippen molar-refractivity contribution in [1.82, 2.24) is 20.1 Å². The van der Waals surface area contributed by atoms with E-state index in [4.69, 9.17) is 4.74 Å². The molecule has 1 aliphatic rings. The van der Waals surface area contributed by atoms with Gasteiger partial charge in [0.1, 0.15) is 6.61 Å². The molecule has 0 aliphatic carbocycles. The zero-order valence-corrected chi connectivity index (χ0v) is 17.2. The number of nitrogens with one attached hydrogen (secondary N) is 1. The minimum absolute atomic E-state index is 0.126. The van der Waals surface area contributed by atoms with Crippen LogP contribution in [0.4, 0.5) is 0 Å². The number of nitrogens with zero attached hydrogens (tertiary/aromatic N) is 3. The van der Waals surface area contributed by atoms with Crippen LogP contribution in [0, 0.1) is 6.92 Å². The number of carbonyl (C=O) groups excluding carboxylic acids is 2. The van der Waals surface area contributed by atoms with Crippen LogP contribution in [-0.4, -0.2) is 66.5 Å². The van der Waals surface area contributed by atoms with Crippen molar-refractivity contribution in [3.05, 3.63) is 65.5 Å². The molecule has 2 atom stereocenters. The van der Waals surface area contributed by atoms with Gasteiger partial charge in [-0.1, -0.05) is 35.9 Å². The minimum Gasteiger partial charge on any atom is -0.356 e. The number of likely N-dealkylation sites (N-methyl/N-ethyl adjacent to an activating group) is 1. The molecule has 1 aromatic heterocycles. The van der Waals surface area contributed by atoms with Crippen LogP contribution in [0.1, 0.15) is 22.7 Å². The van der Waals surface area contributed by atoms with Gasteiger partial charge < -0.3 is 19.9 Å². The van der Waals surface area contributed by atoms with Gasteiger partial charge in [-0.3, -0.25) is 14.6 Å². The predicted octanol–water partition coefficient (Wildman–Crippen LogP) is 1.54. The summed E-state index contributed by atoms with van der Waals surface area (Å²) in [6.45, 7) is 3.69. The average Bonchev–Trinajstić information content (AvgIpc) is 2.72. The zero-order chi connectivity index (χ0) is 20.8. The van der Waals surface area contributed by atoms with Gasteiger partial charge in [0, 0.05) is 32.0 Å². The van der Waals surface area contributed by atoms with Crippen molar-refractivity contribution in [2.24, 2.45) is 0 Å². The number of morpholine rings is 1. The lowest BCUT2D eigenvalue weighted by atomic mass is 10.00. The van der Waals surface area contributed by atoms with Crippen molar-refractivity contribution in [3.8, 4) is 0 Å². The number of ether oxygens (including phenoxy) is 1. The van der Waals surface area contributed by atoms with Crippen molar-refractivity contribution >= 4 is 11.8 Å². The standard InChI is InChI=1S/C22H28N4O3/c1-16-6-8-17(9-7-16)14-26(12-11-25(2)3)22(28)21-20(24-19(27)15-29-21)18-5-4-10-23-13-18/h4-10,13,20-21H,11-12,14-15H2,1-3H3,(H,24,27)/t20-,21+/m1/s1. The highest BCUT2D eigenvalue weighted by Crippen LogP contribution is 2.24. The quantitative estimate of drug-likeness (QED) is 0.768. The highest BCUT2D eigenvalue weighted by atomic mass is 16.5. The first-order valence-corrected chi connectivity index (χ1v) is 9.74. The Morgan fingerprint density at radius 2 is 1.97 bits per heavy atom. The molecule has 1 aliphatic heterocycles. The van der Waals surface area contributed by atoms with Crippen LogP contribution >= 0.6 is 0 Å². The van der Waals surface area contributed by atoms with E-state index in [9.17, 15) is 9.59 Å². The molecule has 0 radical (unpaired) electrons. The Hall–Kier alpha value is -2.77. The maximum atomic E-state index is 13.5. The van der Waals surface area contributed by atoms with Gasteiger partial charge >= 0.3 is 0 Å². The largest absolute Gasteiger partial charge is 0.356 e. The first-order chi connectivity index (χ1) is 13.9. The first-order valence-electron chi connectivity index (χ1n) is 9.74. The molecule has 154 valence electrons. The van der Waals surface area contributed by atoms with Crippen LogP contribution in [0.2, 0.25) is 0 Å². The molecule has 29 heavy (non-hydrogen) atoms. The number of aromatic nitrogens is 1. The summed E-state index contributed by atoms with van der Waals surface area (Å²) in [4.78, 5) is 33.4. The number of benzene rings is 1. The van der Waals surface area contributed by atoms with E-state index in [-0.39, 0.29) is 18.4 Å². The van der Waals surface area contributed by atoms with Crippen molar-refractivity contribution < 1.29 is 14.3 Å². The van der Waals surface area contributed by atoms with Gasteiger partial charge in [-0.15, -0.1) is 0 Å². The van der Waals surface area contributed by atoms with Gasteiger partial charge in [0.2, 0.25) is 5.91 Å². The Kier molecular flexibility index (Phi) is 6.95. The maximum Gasteiger partial charge on any atom is 0.254 e. The number of amides is 2. The molecular weight excluding hydrogens is 368 g/mol. The van der Waals surface area contributed by atoms with E-state index >= 15 is 0 Å². The second-order valence-electron chi connectivity index (χ2n) is 7.61. The fourth-order valence-corrected chi connectivity index (χ4v) is 3.27. The van der Waals surface area contributed by atoms with Crippen molar-refractivity contribution in [2.75, 3.05) is 33.8 Å². The van der Waals surface area contributed by atoms with Crippen LogP contribution in [0.5, 0.6) is 0 Å². The fraction of sp³-hybridized carbons (Fsp3) is 0.409. The Bertz CT molecular complexity index is 824. The molecule has 1 N–H and O–H groups in total. The van der Waals surface area contributed by atoms with Crippen LogP contribution in [-0.2, 0) is 20.9 Å². The summed E-state index contributed by atoms with van der Waals surface area (Å²) in [5.74, 6) is -0.373. The molecule has 2 heterocycles. The summed E-state index contributed by atoms with van der Waals surface area (Å²) in [6, 6.07) is 11.2. The van der Waals surface area contributed by atoms with Crippen molar-refractivity contribution in [3.63, 3.8) is 0 Å². The van der Waals surface area contributed by atoms with Gasteiger partial charge in [0.05, 0.1) is 6.04 Å². The molecule has 3 rings (SSSR count). The number of pyridine rings is 1. The molecule has 0 unspecified atom stereocenters. The molecule has 0 bridgehead atoms. The van der Waals surface area contributed by atoms with Crippen LogP contribution in [0.25, 0.3) is 0 Å². The second kappa shape index (κ2) is 9.62. The Balaban J connectivity index is 1.83. The summed E-state index contributed by atoms with van der Waals surface area (Å²) in [5.41, 5.74) is 2.98. The van der Waals surface area contributed by atoms with Crippen LogP contribution in [0.15, 0.2) is 48.8 Å². The summed E-state index contributed by atoms with van der Waals surface area (Å²) >= 11 is 0. The summed E-state index contributed by atoms with van der Waals surface area (Å²) in [7, 11) is 3.95. The molecule has 0 spiro atoms. The Morgan fingerprint density at radius 1 is 1.21 bits per heavy atom. The third-order valence-corrected chi connectivity index (χ3v) is 4.92. The van der Waals surface area contributed by atoms with Crippen molar-refractivity contribution in [1.29, 1.82) is 0 Å². The molecule has 0 saturated carbocycles. The number of rotatable bonds is 7. The lowest BCUT2D eigenvalue weighted by Crippen LogP contribution is -2.54. The predicted molar refractivity (Wildman–Crippen MR) is 110 cm³/mol. The lowest BCUT2D eigenvalue weighted by molar-refractivity contribution is -0.155. The van der Waals surface area contributed by atoms with E-state index in [0.29, 0.717) is 13.1 Å². The number of carbonyl (C=O) groups is 2. The van der Waals surface area contributed by atoms with E-state index in [0.717, 1.165) is 17.7 Å². The number of aryl methyl sites for hydroxylation is 1. The monoisotopic (exact) mass is 396 g/mol. The van der Waals surface area contributed by atoms with E-state index in [2.05, 4.69) is 10.3 Å². The third kappa shape index (κ3) is 5.62. The summed E-state index contributed by atoms with van der Waals surface area (Å²) in [6.07, 6.45) is 2.53. The molecule has 1 fully saturated rings. The highest BCUT2D eigenvalue weighted by molar-refractivity contribution is 5.86. The molecule has 7 nitrogen and oxygen atoms in total. The van der Waals surface area contributed by atoms with Crippen LogP contribution < -0.4 is 5.32 Å². The molecule has 2 amide bonds. The molecule has 1 aromatic carbocycles. The smallest absolute Gasteiger partial charge is 0.254 e. The van der Waals surface area contributed by atoms with E-state index in [1.807, 2.05) is 56.3 Å². The van der Waals surface area contributed by atoms with Gasteiger partial charge in [-0.2, -0.15) is 0 Å². The average molecular weight is 396 g/mol. The number of hydrogen-bond acceptors (Lipinski definition) is 5. The Morgan fingerprint density at radius 3 is 2.62 bits per heavy atom. The fourth-order valence-electron chi connectivity index (χ4n) is 3.27. The topological polar surface area (TPSA) is 74.8 Å².